The van der Waals surface area contributed by atoms with Gasteiger partial charge in [-0.25, -0.2) is 26.9 Å². The van der Waals surface area contributed by atoms with Gasteiger partial charge in [0.2, 0.25) is 10.9 Å². The highest BCUT2D eigenvalue weighted by molar-refractivity contribution is 7.70. The molecule has 0 bridgehead atoms. The Bertz CT molecular complexity index is 1280. The van der Waals surface area contributed by atoms with Gasteiger partial charge in [0, 0.05) is 33.8 Å². The van der Waals surface area contributed by atoms with E-state index >= 15 is 4.39 Å². The normalized spacial score (nSPS) is 11.9. The second-order valence-corrected chi connectivity index (χ2v) is 12.0. The van der Waals surface area contributed by atoms with Crippen molar-refractivity contribution in [3.05, 3.63) is 58.7 Å². The summed E-state index contributed by atoms with van der Waals surface area (Å²) < 4.78 is 45.9. The number of aliphatic hydroxyl groups excluding tert-OH is 1. The molecule has 0 aliphatic rings. The maximum atomic E-state index is 15.2. The maximum absolute atomic E-state index is 15.2. The highest BCUT2D eigenvalue weighted by Gasteiger charge is 2.23. The number of halogens is 1. The third-order valence-electron chi connectivity index (χ3n) is 5.35. The van der Waals surface area contributed by atoms with Crippen LogP contribution in [0.3, 0.4) is 0 Å². The first-order valence-electron chi connectivity index (χ1n) is 11.6. The molecule has 0 saturated carbocycles. The summed E-state index contributed by atoms with van der Waals surface area (Å²) in [5.41, 5.74) is 1.29. The average Bonchev–Trinajstić information content (AvgIpc) is 3.39. The molecule has 1 N–H and O–H groups in total. The molecule has 2 heterocycles. The van der Waals surface area contributed by atoms with Crippen molar-refractivity contribution in [2.75, 3.05) is 13.2 Å². The third-order valence-corrected chi connectivity index (χ3v) is 7.14. The van der Waals surface area contributed by atoms with Crippen molar-refractivity contribution in [2.45, 2.75) is 53.0 Å². The van der Waals surface area contributed by atoms with Gasteiger partial charge < -0.3 is 14.4 Å². The minimum absolute atomic E-state index is 0.173. The van der Waals surface area contributed by atoms with Crippen LogP contribution < -0.4 is 4.74 Å². The van der Waals surface area contributed by atoms with Crippen LogP contribution >= 0.6 is 11.3 Å². The molecule has 8 nitrogen and oxygen atoms in total. The van der Waals surface area contributed by atoms with Crippen molar-refractivity contribution in [2.24, 2.45) is 5.92 Å². The lowest BCUT2D eigenvalue weighted by molar-refractivity contribution is 0.172. The largest absolute Gasteiger partial charge is 0.429 e. The standard InChI is InChI=1S/C25H32FN3O5S2/c1-16(2)12-19-14-20(22(35-19)34-24(31)29(10-11-30)36(32)33)17-6-7-18(21(26)13-17)15-28-9-8-27-23(28)25(3,4)5/h6-9,13-14,16,30,36H,10-12,15H2,1-5H3. The minimum atomic E-state index is -3.28. The molecule has 1 aromatic carbocycles. The van der Waals surface area contributed by atoms with Crippen LogP contribution in [0.15, 0.2) is 36.7 Å². The molecule has 0 radical (unpaired) electrons. The Hall–Kier alpha value is -2.76. The van der Waals surface area contributed by atoms with E-state index in [-0.39, 0.29) is 10.5 Å². The minimum Gasteiger partial charge on any atom is -0.398 e. The fourth-order valence-corrected chi connectivity index (χ4v) is 5.44. The van der Waals surface area contributed by atoms with Gasteiger partial charge in [-0.05, 0) is 30.0 Å². The van der Waals surface area contributed by atoms with Gasteiger partial charge in [-0.15, -0.1) is 11.3 Å². The third kappa shape index (κ3) is 6.71. The number of aliphatic hydroxyl groups is 1. The summed E-state index contributed by atoms with van der Waals surface area (Å²) >= 11 is 1.21. The number of thiol groups is 1. The number of rotatable bonds is 9. The van der Waals surface area contributed by atoms with E-state index in [0.717, 1.165) is 10.7 Å². The number of carbonyl (C=O) groups excluding carboxylic acids is 1. The van der Waals surface area contributed by atoms with Crippen LogP contribution in [-0.4, -0.2) is 46.6 Å². The molecule has 0 saturated heterocycles. The van der Waals surface area contributed by atoms with Gasteiger partial charge in [0.15, 0.2) is 5.06 Å². The molecular formula is C25H32FN3O5S2. The first kappa shape index (κ1) is 27.8. The van der Waals surface area contributed by atoms with E-state index in [2.05, 4.69) is 4.98 Å². The summed E-state index contributed by atoms with van der Waals surface area (Å²) in [6.45, 7) is 9.60. The highest BCUT2D eigenvalue weighted by atomic mass is 32.2. The zero-order valence-corrected chi connectivity index (χ0v) is 22.7. The van der Waals surface area contributed by atoms with Crippen LogP contribution in [0.2, 0.25) is 0 Å². The summed E-state index contributed by atoms with van der Waals surface area (Å²) in [5.74, 6) is 0.758. The van der Waals surface area contributed by atoms with Crippen LogP contribution in [0.4, 0.5) is 9.18 Å². The molecule has 1 amide bonds. The number of ether oxygens (including phenoxy) is 1. The Morgan fingerprint density at radius 1 is 1.28 bits per heavy atom. The van der Waals surface area contributed by atoms with E-state index in [1.54, 1.807) is 18.3 Å². The zero-order chi connectivity index (χ0) is 26.6. The lowest BCUT2D eigenvalue weighted by atomic mass is 9.95. The number of amides is 1. The molecule has 2 aromatic heterocycles. The van der Waals surface area contributed by atoms with Crippen LogP contribution in [0.25, 0.3) is 11.1 Å². The Labute approximate surface area is 216 Å². The molecule has 0 atom stereocenters. The lowest BCUT2D eigenvalue weighted by Gasteiger charge is -2.20. The van der Waals surface area contributed by atoms with Gasteiger partial charge in [0.25, 0.3) is 0 Å². The summed E-state index contributed by atoms with van der Waals surface area (Å²) in [5, 5.41) is 9.26. The maximum Gasteiger partial charge on any atom is 0.429 e. The summed E-state index contributed by atoms with van der Waals surface area (Å²) in [4.78, 5) is 17.8. The second kappa shape index (κ2) is 11.5. The van der Waals surface area contributed by atoms with E-state index in [9.17, 15) is 13.2 Å². The Morgan fingerprint density at radius 3 is 2.58 bits per heavy atom. The molecule has 0 aliphatic carbocycles. The lowest BCUT2D eigenvalue weighted by Crippen LogP contribution is -2.34. The number of hydrogen-bond donors (Lipinski definition) is 2. The summed E-state index contributed by atoms with van der Waals surface area (Å²) in [6, 6.07) is 6.67. The molecule has 3 aromatic rings. The fourth-order valence-electron chi connectivity index (χ4n) is 3.78. The average molecular weight is 538 g/mol. The Balaban J connectivity index is 1.94. The van der Waals surface area contributed by atoms with E-state index in [1.165, 1.54) is 17.4 Å². The van der Waals surface area contributed by atoms with Crippen molar-refractivity contribution in [1.82, 2.24) is 13.9 Å². The van der Waals surface area contributed by atoms with Gasteiger partial charge in [0.05, 0.1) is 19.7 Å². The smallest absolute Gasteiger partial charge is 0.398 e. The first-order valence-corrected chi connectivity index (χ1v) is 13.5. The molecule has 0 aliphatic heterocycles. The summed E-state index contributed by atoms with van der Waals surface area (Å²) in [6.07, 6.45) is 3.11. The SMILES string of the molecule is CC(C)Cc1cc(-c2ccc(Cn3ccnc3C(C)(C)C)c(F)c2)c(OC(=O)N(CCO)[SH](=O)=O)s1. The molecule has 0 fully saturated rings. The molecule has 11 heteroatoms. The second-order valence-electron chi connectivity index (χ2n) is 9.90. The number of thiophene rings is 1. The first-order chi connectivity index (χ1) is 16.9. The van der Waals surface area contributed by atoms with Crippen molar-refractivity contribution in [3.63, 3.8) is 0 Å². The van der Waals surface area contributed by atoms with Gasteiger partial charge in [-0.2, -0.15) is 0 Å². The van der Waals surface area contributed by atoms with Crippen molar-refractivity contribution in [3.8, 4) is 16.2 Å². The van der Waals surface area contributed by atoms with Crippen LogP contribution in [0, 0.1) is 11.7 Å². The number of aromatic nitrogens is 2. The fraction of sp³-hybridized carbons (Fsp3) is 0.440. The molecule has 36 heavy (non-hydrogen) atoms. The zero-order valence-electron chi connectivity index (χ0n) is 21.0. The predicted molar refractivity (Wildman–Crippen MR) is 138 cm³/mol. The van der Waals surface area contributed by atoms with E-state index in [0.29, 0.717) is 39.9 Å². The van der Waals surface area contributed by atoms with E-state index < -0.39 is 36.0 Å². The molecule has 3 rings (SSSR count). The summed E-state index contributed by atoms with van der Waals surface area (Å²) in [7, 11) is -3.28. The molecule has 0 unspecified atom stereocenters. The number of benzene rings is 1. The van der Waals surface area contributed by atoms with Crippen LogP contribution in [0.5, 0.6) is 5.06 Å². The number of carbonyl (C=O) groups is 1. The van der Waals surface area contributed by atoms with Crippen molar-refractivity contribution < 1.29 is 27.4 Å². The van der Waals surface area contributed by atoms with Crippen molar-refractivity contribution >= 4 is 28.3 Å². The Morgan fingerprint density at radius 2 is 2.00 bits per heavy atom. The van der Waals surface area contributed by atoms with Gasteiger partial charge in [-0.1, -0.05) is 46.8 Å². The van der Waals surface area contributed by atoms with Gasteiger partial charge >= 0.3 is 6.09 Å². The van der Waals surface area contributed by atoms with Crippen LogP contribution in [0.1, 0.15) is 50.9 Å². The Kier molecular flexibility index (Phi) is 8.91. The molecule has 0 spiro atoms. The van der Waals surface area contributed by atoms with Gasteiger partial charge in [0.1, 0.15) is 11.6 Å². The van der Waals surface area contributed by atoms with E-state index in [4.69, 9.17) is 9.84 Å². The predicted octanol–water partition coefficient (Wildman–Crippen LogP) is 4.61. The highest BCUT2D eigenvalue weighted by Crippen LogP contribution is 2.40. The quantitative estimate of drug-likeness (QED) is 0.387. The number of hydrogen-bond acceptors (Lipinski definition) is 7. The molecular weight excluding hydrogens is 505 g/mol. The van der Waals surface area contributed by atoms with E-state index in [1.807, 2.05) is 51.4 Å². The topological polar surface area (TPSA) is 102 Å². The monoisotopic (exact) mass is 537 g/mol. The number of nitrogens with zero attached hydrogens (tertiary/aromatic N) is 3. The van der Waals surface area contributed by atoms with Gasteiger partial charge in [-0.3, -0.25) is 0 Å². The van der Waals surface area contributed by atoms with Crippen molar-refractivity contribution in [1.29, 1.82) is 0 Å². The van der Waals surface area contributed by atoms with Crippen LogP contribution in [-0.2, 0) is 29.3 Å². The molecule has 196 valence electrons. The number of imidazole rings is 1.